The summed E-state index contributed by atoms with van der Waals surface area (Å²) in [6.07, 6.45) is -6.75. The maximum atomic E-state index is 13.0. The minimum absolute atomic E-state index is 0.400. The van der Waals surface area contributed by atoms with Crippen LogP contribution in [-0.2, 0) is 19.0 Å². The molecule has 132 valence electrons. The minimum atomic E-state index is -4.54. The highest BCUT2D eigenvalue weighted by atomic mass is 35.5. The number of carbonyl (C=O) groups is 2. The number of halogens is 4. The Morgan fingerprint density at radius 1 is 1.30 bits per heavy atom. The van der Waals surface area contributed by atoms with Gasteiger partial charge in [0.1, 0.15) is 11.5 Å². The second-order valence-corrected chi connectivity index (χ2v) is 6.55. The number of carbonyl (C=O) groups excluding carboxylic acids is 2. The lowest BCUT2D eigenvalue weighted by atomic mass is 10.2. The van der Waals surface area contributed by atoms with Crippen LogP contribution in [0.15, 0.2) is 0 Å². The fourth-order valence-corrected chi connectivity index (χ4v) is 2.67. The van der Waals surface area contributed by atoms with Crippen LogP contribution in [0.2, 0.25) is 0 Å². The van der Waals surface area contributed by atoms with Crippen LogP contribution in [-0.4, -0.2) is 59.6 Å². The molecule has 0 aromatic heterocycles. The zero-order valence-electron chi connectivity index (χ0n) is 12.7. The molecule has 0 spiro atoms. The number of rotatable bonds is 2. The molecule has 1 heterocycles. The van der Waals surface area contributed by atoms with Gasteiger partial charge in [0.15, 0.2) is 12.1 Å². The summed E-state index contributed by atoms with van der Waals surface area (Å²) in [7, 11) is 0. The fraction of sp³-hybridized carbons (Fsp3) is 0.846. The van der Waals surface area contributed by atoms with Crippen LogP contribution in [0.3, 0.4) is 0 Å². The monoisotopic (exact) mass is 359 g/mol. The van der Waals surface area contributed by atoms with Crippen molar-refractivity contribution < 1.29 is 37.0 Å². The first-order valence-electron chi connectivity index (χ1n) is 6.89. The van der Waals surface area contributed by atoms with E-state index in [0.717, 1.165) is 4.90 Å². The zero-order valence-corrected chi connectivity index (χ0v) is 13.5. The fourth-order valence-electron chi connectivity index (χ4n) is 2.57. The van der Waals surface area contributed by atoms with E-state index in [0.29, 0.717) is 0 Å². The normalized spacial score (nSPS) is 30.5. The number of alkyl halides is 4. The van der Waals surface area contributed by atoms with Crippen LogP contribution >= 0.6 is 11.6 Å². The maximum Gasteiger partial charge on any atom is 0.411 e. The lowest BCUT2D eigenvalue weighted by Crippen LogP contribution is -2.55. The predicted molar refractivity (Wildman–Crippen MR) is 71.7 cm³/mol. The second-order valence-electron chi connectivity index (χ2n) is 6.33. The van der Waals surface area contributed by atoms with Crippen molar-refractivity contribution in [2.45, 2.75) is 50.7 Å². The van der Waals surface area contributed by atoms with Crippen LogP contribution in [0.4, 0.5) is 18.0 Å². The summed E-state index contributed by atoms with van der Waals surface area (Å²) in [6.45, 7) is 4.32. The van der Waals surface area contributed by atoms with E-state index < -0.39 is 60.6 Å². The summed E-state index contributed by atoms with van der Waals surface area (Å²) in [5.74, 6) is -2.78. The van der Waals surface area contributed by atoms with Gasteiger partial charge in [-0.05, 0) is 20.8 Å². The van der Waals surface area contributed by atoms with Gasteiger partial charge in [0.05, 0.1) is 18.8 Å². The Labute approximate surface area is 135 Å². The highest BCUT2D eigenvalue weighted by Crippen LogP contribution is 2.52. The summed E-state index contributed by atoms with van der Waals surface area (Å²) < 4.78 is 53.8. The van der Waals surface area contributed by atoms with Gasteiger partial charge >= 0.3 is 18.2 Å². The number of amides is 1. The van der Waals surface area contributed by atoms with Gasteiger partial charge in [0.25, 0.3) is 0 Å². The van der Waals surface area contributed by atoms with E-state index in [1.165, 1.54) is 0 Å². The van der Waals surface area contributed by atoms with Gasteiger partial charge in [-0.1, -0.05) is 11.6 Å². The van der Waals surface area contributed by atoms with Crippen LogP contribution in [0.5, 0.6) is 0 Å². The van der Waals surface area contributed by atoms with Gasteiger partial charge in [0.2, 0.25) is 0 Å². The largest absolute Gasteiger partial charge is 0.448 e. The maximum absolute atomic E-state index is 13.0. The zero-order chi connectivity index (χ0) is 17.6. The van der Waals surface area contributed by atoms with Crippen LogP contribution in [0, 0.1) is 5.92 Å². The van der Waals surface area contributed by atoms with Gasteiger partial charge in [-0.15, -0.1) is 0 Å². The molecule has 23 heavy (non-hydrogen) atoms. The number of morpholine rings is 1. The Morgan fingerprint density at radius 2 is 1.91 bits per heavy atom. The number of nitrogens with zero attached hydrogens (tertiary/aromatic N) is 1. The molecule has 6 nitrogen and oxygen atoms in total. The number of ether oxygens (including phenoxy) is 3. The van der Waals surface area contributed by atoms with Crippen molar-refractivity contribution in [1.29, 1.82) is 0 Å². The first-order chi connectivity index (χ1) is 10.5. The first kappa shape index (κ1) is 18.1. The Balaban J connectivity index is 2.24. The molecular weight excluding hydrogens is 343 g/mol. The standard InChI is InChI=1S/C13H17ClF3NO5/c1-12(2,3)23-11(20)18-6(10(19)22-5-14)4-21-9-7(8(9)18)13(15,16)17/h6-9H,4-5H2,1-3H3/t6-,7?,8-,9+/m0/s1. The van der Waals surface area contributed by atoms with E-state index in [4.69, 9.17) is 21.1 Å². The molecule has 1 unspecified atom stereocenters. The van der Waals surface area contributed by atoms with E-state index in [1.54, 1.807) is 20.8 Å². The molecule has 2 aliphatic rings. The van der Waals surface area contributed by atoms with E-state index in [-0.39, 0.29) is 0 Å². The molecule has 1 amide bonds. The van der Waals surface area contributed by atoms with E-state index >= 15 is 0 Å². The molecule has 0 bridgehead atoms. The molecule has 1 aliphatic heterocycles. The summed E-state index contributed by atoms with van der Waals surface area (Å²) >= 11 is 5.30. The Kier molecular flexibility index (Phi) is 4.74. The predicted octanol–water partition coefficient (Wildman–Crippen LogP) is 2.29. The number of hydrogen-bond acceptors (Lipinski definition) is 5. The summed E-state index contributed by atoms with van der Waals surface area (Å²) in [5, 5.41) is 0. The van der Waals surface area contributed by atoms with Crippen LogP contribution < -0.4 is 0 Å². The summed E-state index contributed by atoms with van der Waals surface area (Å²) in [4.78, 5) is 24.9. The van der Waals surface area contributed by atoms with E-state index in [1.807, 2.05) is 0 Å². The molecule has 2 rings (SSSR count). The highest BCUT2D eigenvalue weighted by Gasteiger charge is 2.72. The average Bonchev–Trinajstić information content (AvgIpc) is 3.09. The third-order valence-corrected chi connectivity index (χ3v) is 3.58. The molecule has 1 aliphatic carbocycles. The molecule has 2 fully saturated rings. The minimum Gasteiger partial charge on any atom is -0.448 e. The smallest absolute Gasteiger partial charge is 0.411 e. The van der Waals surface area contributed by atoms with E-state index in [2.05, 4.69) is 4.74 Å². The van der Waals surface area contributed by atoms with Gasteiger partial charge in [-0.2, -0.15) is 13.2 Å². The number of fused-ring (bicyclic) bond motifs is 1. The molecule has 1 saturated carbocycles. The Morgan fingerprint density at radius 3 is 2.39 bits per heavy atom. The van der Waals surface area contributed by atoms with Crippen molar-refractivity contribution >= 4 is 23.7 Å². The second kappa shape index (κ2) is 6.01. The lowest BCUT2D eigenvalue weighted by molar-refractivity contribution is -0.157. The van der Waals surface area contributed by atoms with Crippen LogP contribution in [0.1, 0.15) is 20.8 Å². The molecular formula is C13H17ClF3NO5. The highest BCUT2D eigenvalue weighted by molar-refractivity contribution is 6.17. The molecule has 0 N–H and O–H groups in total. The number of hydrogen-bond donors (Lipinski definition) is 0. The molecule has 4 atom stereocenters. The first-order valence-corrected chi connectivity index (χ1v) is 7.43. The lowest BCUT2D eigenvalue weighted by Gasteiger charge is -2.34. The van der Waals surface area contributed by atoms with E-state index in [9.17, 15) is 22.8 Å². The van der Waals surface area contributed by atoms with Crippen molar-refractivity contribution in [1.82, 2.24) is 4.90 Å². The van der Waals surface area contributed by atoms with Crippen LogP contribution in [0.25, 0.3) is 0 Å². The van der Waals surface area contributed by atoms with Gasteiger partial charge in [0, 0.05) is 0 Å². The van der Waals surface area contributed by atoms with Gasteiger partial charge < -0.3 is 14.2 Å². The molecule has 0 aromatic rings. The molecule has 0 aromatic carbocycles. The molecule has 10 heteroatoms. The third-order valence-electron chi connectivity index (χ3n) is 3.47. The van der Waals surface area contributed by atoms with Crippen molar-refractivity contribution in [2.24, 2.45) is 5.92 Å². The Bertz CT molecular complexity index is 493. The quantitative estimate of drug-likeness (QED) is 0.559. The van der Waals surface area contributed by atoms with Crippen molar-refractivity contribution in [2.75, 3.05) is 12.7 Å². The topological polar surface area (TPSA) is 65.1 Å². The Hall–Kier alpha value is -1.22. The molecule has 1 saturated heterocycles. The third kappa shape index (κ3) is 3.82. The SMILES string of the molecule is CC(C)(C)OC(=O)N1[C@H](C(=O)OCCl)CO[C@@H]2C(C(F)(F)F)[C@@H]21. The summed E-state index contributed by atoms with van der Waals surface area (Å²) in [6, 6.07) is -3.10. The van der Waals surface area contributed by atoms with Crippen molar-refractivity contribution in [3.05, 3.63) is 0 Å². The van der Waals surface area contributed by atoms with Crippen molar-refractivity contribution in [3.63, 3.8) is 0 Å². The summed E-state index contributed by atoms with van der Waals surface area (Å²) in [5.41, 5.74) is -0.922. The van der Waals surface area contributed by atoms with Gasteiger partial charge in [-0.25, -0.2) is 9.59 Å². The van der Waals surface area contributed by atoms with Gasteiger partial charge in [-0.3, -0.25) is 4.90 Å². The van der Waals surface area contributed by atoms with Crippen molar-refractivity contribution in [3.8, 4) is 0 Å². The number of esters is 1. The molecule has 0 radical (unpaired) electrons. The average molecular weight is 360 g/mol.